The van der Waals surface area contributed by atoms with Crippen LogP contribution in [-0.2, 0) is 9.47 Å². The average molecular weight is 261 g/mol. The summed E-state index contributed by atoms with van der Waals surface area (Å²) in [5.41, 5.74) is 2.94. The molecule has 4 atom stereocenters. The molecule has 0 aromatic carbocycles. The number of hydrogen-bond donors (Lipinski definition) is 1. The predicted molar refractivity (Wildman–Crippen MR) is 55.2 cm³/mol. The zero-order chi connectivity index (χ0) is 9.97. The Morgan fingerprint density at radius 3 is 2.79 bits per heavy atom. The summed E-state index contributed by atoms with van der Waals surface area (Å²) in [5.74, 6) is 0. The molecule has 2 heterocycles. The van der Waals surface area contributed by atoms with Gasteiger partial charge in [0.15, 0.2) is 0 Å². The number of halogens is 1. The fourth-order valence-corrected chi connectivity index (χ4v) is 2.18. The second kappa shape index (κ2) is 4.60. The van der Waals surface area contributed by atoms with Gasteiger partial charge in [-0.25, -0.2) is 0 Å². The van der Waals surface area contributed by atoms with Crippen molar-refractivity contribution in [1.29, 1.82) is 0 Å². The average Bonchev–Trinajstić information content (AvgIpc) is 2.71. The lowest BCUT2D eigenvalue weighted by molar-refractivity contribution is 0.0105. The Morgan fingerprint density at radius 1 is 1.36 bits per heavy atom. The van der Waals surface area contributed by atoms with Crippen LogP contribution in [0.1, 0.15) is 12.8 Å². The molecule has 4 heteroatoms. The van der Waals surface area contributed by atoms with Crippen LogP contribution in [0.3, 0.4) is 0 Å². The molecule has 2 rings (SSSR count). The van der Waals surface area contributed by atoms with Gasteiger partial charge in [-0.2, -0.15) is 0 Å². The summed E-state index contributed by atoms with van der Waals surface area (Å²) in [4.78, 5) is 1.68. The van der Waals surface area contributed by atoms with Crippen LogP contribution in [0.15, 0.2) is 16.8 Å². The van der Waals surface area contributed by atoms with Gasteiger partial charge in [-0.3, -0.25) is 0 Å². The van der Waals surface area contributed by atoms with Gasteiger partial charge in [0.2, 0.25) is 0 Å². The zero-order valence-corrected chi connectivity index (χ0v) is 9.31. The van der Waals surface area contributed by atoms with Gasteiger partial charge in [-0.15, -0.1) is 5.73 Å². The Balaban J connectivity index is 1.90. The molecule has 3 nitrogen and oxygen atoms in total. The lowest BCUT2D eigenvalue weighted by Crippen LogP contribution is -2.15. The molecule has 0 amide bonds. The second-order valence-electron chi connectivity index (χ2n) is 3.61. The van der Waals surface area contributed by atoms with E-state index in [0.717, 1.165) is 12.8 Å². The topological polar surface area (TPSA) is 38.7 Å². The molecule has 2 aliphatic heterocycles. The van der Waals surface area contributed by atoms with Crippen LogP contribution >= 0.6 is 15.9 Å². The van der Waals surface area contributed by atoms with Gasteiger partial charge < -0.3 is 14.6 Å². The smallest absolute Gasteiger partial charge is 0.0871 e. The predicted octanol–water partition coefficient (Wildman–Crippen LogP) is 1.36. The first kappa shape index (κ1) is 10.4. The zero-order valence-electron chi connectivity index (χ0n) is 7.73. The molecule has 78 valence electrons. The third kappa shape index (κ3) is 2.10. The van der Waals surface area contributed by atoms with Crippen molar-refractivity contribution in [2.45, 2.75) is 37.3 Å². The molecule has 0 aromatic rings. The van der Waals surface area contributed by atoms with Crippen molar-refractivity contribution < 1.29 is 14.6 Å². The van der Waals surface area contributed by atoms with E-state index in [9.17, 15) is 0 Å². The monoisotopic (exact) mass is 260 g/mol. The van der Waals surface area contributed by atoms with Gasteiger partial charge in [0.25, 0.3) is 0 Å². The molecule has 2 aliphatic rings. The number of fused-ring (bicyclic) bond motifs is 1. The molecule has 0 spiro atoms. The van der Waals surface area contributed by atoms with Crippen molar-refractivity contribution >= 4 is 15.9 Å². The second-order valence-corrected chi connectivity index (χ2v) is 4.06. The molecule has 0 bridgehead atoms. The number of hydrogen-bond acceptors (Lipinski definition) is 3. The van der Waals surface area contributed by atoms with E-state index < -0.39 is 0 Å². The number of ether oxygens (including phenoxy) is 2. The number of rotatable bonds is 2. The van der Waals surface area contributed by atoms with E-state index in [-0.39, 0.29) is 31.0 Å². The Bertz CT molecular complexity index is 246. The van der Waals surface area contributed by atoms with Crippen LogP contribution in [0.2, 0.25) is 0 Å². The van der Waals surface area contributed by atoms with E-state index in [1.54, 1.807) is 4.99 Å². The van der Waals surface area contributed by atoms with E-state index in [2.05, 4.69) is 21.7 Å². The SMILES string of the molecule is OC[C@H]1C[C@H]2O[C@H](C=C=CBr)C[C@H]2O1. The Hall–Kier alpha value is -0.120. The standard InChI is InChI=1S/C10H13BrO3/c11-3-1-2-7-4-9-10(13-7)5-8(6-12)14-9/h2-3,7-10,12H,4-6H2/t1?,7-,8-,9-,10-/m1/s1. The quantitative estimate of drug-likeness (QED) is 0.763. The molecule has 0 saturated carbocycles. The van der Waals surface area contributed by atoms with E-state index in [4.69, 9.17) is 14.6 Å². The van der Waals surface area contributed by atoms with Crippen LogP contribution in [0.4, 0.5) is 0 Å². The summed E-state index contributed by atoms with van der Waals surface area (Å²) >= 11 is 3.15. The summed E-state index contributed by atoms with van der Waals surface area (Å²) in [6, 6.07) is 0. The van der Waals surface area contributed by atoms with Gasteiger partial charge >= 0.3 is 0 Å². The largest absolute Gasteiger partial charge is 0.394 e. The van der Waals surface area contributed by atoms with Gasteiger partial charge in [0.05, 0.1) is 31.0 Å². The molecule has 0 unspecified atom stereocenters. The lowest BCUT2D eigenvalue weighted by Gasteiger charge is -2.09. The first-order valence-corrected chi connectivity index (χ1v) is 5.68. The minimum absolute atomic E-state index is 0.0263. The highest BCUT2D eigenvalue weighted by Gasteiger charge is 2.42. The van der Waals surface area contributed by atoms with Crippen LogP contribution in [0.25, 0.3) is 0 Å². The van der Waals surface area contributed by atoms with Gasteiger partial charge in [-0.1, -0.05) is 15.9 Å². The molecular formula is C10H13BrO3. The van der Waals surface area contributed by atoms with Gasteiger partial charge in [0, 0.05) is 17.8 Å². The highest BCUT2D eigenvalue weighted by molar-refractivity contribution is 9.11. The molecule has 2 saturated heterocycles. The van der Waals surface area contributed by atoms with E-state index in [1.807, 2.05) is 6.08 Å². The van der Waals surface area contributed by atoms with Gasteiger partial charge in [-0.05, 0) is 6.08 Å². The molecule has 0 aliphatic carbocycles. The highest BCUT2D eigenvalue weighted by atomic mass is 79.9. The first-order valence-electron chi connectivity index (χ1n) is 4.76. The maximum Gasteiger partial charge on any atom is 0.0871 e. The number of aliphatic hydroxyl groups excluding tert-OH is 1. The normalized spacial score (nSPS) is 40.4. The van der Waals surface area contributed by atoms with Gasteiger partial charge in [0.1, 0.15) is 0 Å². The van der Waals surface area contributed by atoms with Crippen LogP contribution in [0, 0.1) is 0 Å². The summed E-state index contributed by atoms with van der Waals surface area (Å²) in [5, 5.41) is 8.92. The van der Waals surface area contributed by atoms with Crippen LogP contribution in [0.5, 0.6) is 0 Å². The fourth-order valence-electron chi connectivity index (χ4n) is 2.03. The van der Waals surface area contributed by atoms with E-state index in [0.29, 0.717) is 0 Å². The maximum atomic E-state index is 8.92. The minimum atomic E-state index is -0.0263. The maximum absolute atomic E-state index is 8.92. The Labute approximate surface area is 91.5 Å². The molecule has 14 heavy (non-hydrogen) atoms. The summed E-state index contributed by atoms with van der Waals surface area (Å²) in [7, 11) is 0. The van der Waals surface area contributed by atoms with E-state index in [1.165, 1.54) is 0 Å². The van der Waals surface area contributed by atoms with Crippen molar-refractivity contribution in [2.75, 3.05) is 6.61 Å². The molecule has 1 N–H and O–H groups in total. The first-order chi connectivity index (χ1) is 6.83. The summed E-state index contributed by atoms with van der Waals surface area (Å²) in [6.07, 6.45) is 3.97. The Kier molecular flexibility index (Phi) is 3.42. The third-order valence-corrected chi connectivity index (χ3v) is 2.90. The summed E-state index contributed by atoms with van der Waals surface area (Å²) in [6.45, 7) is 0.0954. The molecular weight excluding hydrogens is 248 g/mol. The van der Waals surface area contributed by atoms with Crippen LogP contribution in [-0.4, -0.2) is 36.1 Å². The highest BCUT2D eigenvalue weighted by Crippen LogP contribution is 2.34. The fraction of sp³-hybridized carbons (Fsp3) is 0.700. The lowest BCUT2D eigenvalue weighted by atomic mass is 10.1. The molecule has 0 aromatic heterocycles. The summed E-state index contributed by atoms with van der Waals surface area (Å²) < 4.78 is 11.3. The number of aliphatic hydroxyl groups is 1. The minimum Gasteiger partial charge on any atom is -0.394 e. The Morgan fingerprint density at radius 2 is 2.14 bits per heavy atom. The molecule has 0 radical (unpaired) electrons. The van der Waals surface area contributed by atoms with Crippen molar-refractivity contribution in [1.82, 2.24) is 0 Å². The van der Waals surface area contributed by atoms with Crippen molar-refractivity contribution in [2.24, 2.45) is 0 Å². The third-order valence-electron chi connectivity index (χ3n) is 2.64. The molecule has 2 fully saturated rings. The van der Waals surface area contributed by atoms with Crippen molar-refractivity contribution in [3.63, 3.8) is 0 Å². The van der Waals surface area contributed by atoms with E-state index >= 15 is 0 Å². The van der Waals surface area contributed by atoms with Crippen LogP contribution < -0.4 is 0 Å². The van der Waals surface area contributed by atoms with Crippen molar-refractivity contribution in [3.8, 4) is 0 Å². The van der Waals surface area contributed by atoms with Crippen molar-refractivity contribution in [3.05, 3.63) is 16.8 Å².